The molecule has 6 heteroatoms. The second-order valence-corrected chi connectivity index (χ2v) is 6.36. The molecular weight excluding hydrogens is 373 g/mol. The molecule has 0 bridgehead atoms. The van der Waals surface area contributed by atoms with Crippen LogP contribution in [0.2, 0.25) is 0 Å². The van der Waals surface area contributed by atoms with Gasteiger partial charge in [0.25, 0.3) is 5.91 Å². The molecule has 0 heterocycles. The Labute approximate surface area is 167 Å². The van der Waals surface area contributed by atoms with Gasteiger partial charge in [-0.2, -0.15) is 0 Å². The SMILES string of the molecule is Cc1ccc(C(=O)OCC(=O)c2ccc(NC(=O)c3ccccc3)cc2)cc1F. The lowest BCUT2D eigenvalue weighted by Crippen LogP contribution is -2.15. The molecule has 0 aromatic heterocycles. The third-order valence-electron chi connectivity index (χ3n) is 4.24. The van der Waals surface area contributed by atoms with Gasteiger partial charge >= 0.3 is 5.97 Å². The third-order valence-corrected chi connectivity index (χ3v) is 4.24. The molecule has 3 aromatic rings. The second-order valence-electron chi connectivity index (χ2n) is 6.36. The number of rotatable bonds is 6. The van der Waals surface area contributed by atoms with Crippen molar-refractivity contribution in [2.75, 3.05) is 11.9 Å². The van der Waals surface area contributed by atoms with Crippen LogP contribution in [0, 0.1) is 12.7 Å². The summed E-state index contributed by atoms with van der Waals surface area (Å²) in [6.07, 6.45) is 0. The van der Waals surface area contributed by atoms with Gasteiger partial charge < -0.3 is 10.1 Å². The van der Waals surface area contributed by atoms with Gasteiger partial charge in [0.15, 0.2) is 12.4 Å². The van der Waals surface area contributed by atoms with Crippen molar-refractivity contribution in [2.24, 2.45) is 0 Å². The Kier molecular flexibility index (Phi) is 6.14. The highest BCUT2D eigenvalue weighted by atomic mass is 19.1. The smallest absolute Gasteiger partial charge is 0.338 e. The lowest BCUT2D eigenvalue weighted by molar-refractivity contribution is 0.0474. The second kappa shape index (κ2) is 8.93. The number of ether oxygens (including phenoxy) is 1. The molecule has 5 nitrogen and oxygen atoms in total. The summed E-state index contributed by atoms with van der Waals surface area (Å²) in [7, 11) is 0. The van der Waals surface area contributed by atoms with Crippen molar-refractivity contribution in [3.63, 3.8) is 0 Å². The molecule has 0 fully saturated rings. The van der Waals surface area contributed by atoms with Crippen LogP contribution in [-0.2, 0) is 4.74 Å². The Morgan fingerprint density at radius 2 is 1.52 bits per heavy atom. The van der Waals surface area contributed by atoms with Crippen LogP contribution in [0.5, 0.6) is 0 Å². The lowest BCUT2D eigenvalue weighted by atomic mass is 10.1. The monoisotopic (exact) mass is 391 g/mol. The molecular formula is C23H18FNO4. The van der Waals surface area contributed by atoms with E-state index in [1.807, 2.05) is 6.07 Å². The topological polar surface area (TPSA) is 72.5 Å². The maximum atomic E-state index is 13.5. The number of esters is 1. The normalized spacial score (nSPS) is 10.3. The number of anilines is 1. The van der Waals surface area contributed by atoms with Crippen molar-refractivity contribution in [3.8, 4) is 0 Å². The fraction of sp³-hybridized carbons (Fsp3) is 0.0870. The van der Waals surface area contributed by atoms with Gasteiger partial charge in [0.1, 0.15) is 5.82 Å². The molecule has 0 radical (unpaired) electrons. The van der Waals surface area contributed by atoms with E-state index < -0.39 is 24.2 Å². The Bertz CT molecular complexity index is 1050. The van der Waals surface area contributed by atoms with E-state index in [4.69, 9.17) is 4.74 Å². The minimum atomic E-state index is -0.774. The summed E-state index contributed by atoms with van der Waals surface area (Å²) in [5.74, 6) is -1.96. The molecule has 29 heavy (non-hydrogen) atoms. The highest BCUT2D eigenvalue weighted by molar-refractivity contribution is 6.05. The number of carbonyl (C=O) groups is 3. The molecule has 1 N–H and O–H groups in total. The van der Waals surface area contributed by atoms with Crippen molar-refractivity contribution in [1.29, 1.82) is 0 Å². The summed E-state index contributed by atoms with van der Waals surface area (Å²) >= 11 is 0. The van der Waals surface area contributed by atoms with Gasteiger partial charge in [-0.3, -0.25) is 9.59 Å². The average Bonchev–Trinajstić information content (AvgIpc) is 2.74. The summed E-state index contributed by atoms with van der Waals surface area (Å²) in [6.45, 7) is 1.12. The highest BCUT2D eigenvalue weighted by Gasteiger charge is 2.13. The number of ketones is 1. The zero-order valence-electron chi connectivity index (χ0n) is 15.6. The largest absolute Gasteiger partial charge is 0.454 e. The van der Waals surface area contributed by atoms with Crippen molar-refractivity contribution in [1.82, 2.24) is 0 Å². The van der Waals surface area contributed by atoms with Crippen LogP contribution >= 0.6 is 0 Å². The predicted octanol–water partition coefficient (Wildman–Crippen LogP) is 4.43. The summed E-state index contributed by atoms with van der Waals surface area (Å²) in [5, 5.41) is 2.73. The zero-order valence-corrected chi connectivity index (χ0v) is 15.6. The molecule has 146 valence electrons. The number of hydrogen-bond donors (Lipinski definition) is 1. The van der Waals surface area contributed by atoms with Gasteiger partial charge in [-0.15, -0.1) is 0 Å². The molecule has 0 saturated carbocycles. The first-order chi connectivity index (χ1) is 13.9. The Morgan fingerprint density at radius 1 is 0.862 bits per heavy atom. The van der Waals surface area contributed by atoms with Crippen LogP contribution in [-0.4, -0.2) is 24.3 Å². The van der Waals surface area contributed by atoms with Gasteiger partial charge in [0.2, 0.25) is 0 Å². The van der Waals surface area contributed by atoms with E-state index in [0.717, 1.165) is 6.07 Å². The van der Waals surface area contributed by atoms with Crippen LogP contribution in [0.1, 0.15) is 36.6 Å². The Balaban J connectivity index is 1.56. The molecule has 0 atom stereocenters. The van der Waals surface area contributed by atoms with E-state index >= 15 is 0 Å². The maximum absolute atomic E-state index is 13.5. The number of carbonyl (C=O) groups excluding carboxylic acids is 3. The minimum absolute atomic E-state index is 0.0415. The molecule has 0 saturated heterocycles. The third kappa shape index (κ3) is 5.13. The van der Waals surface area contributed by atoms with Gasteiger partial charge in [-0.05, 0) is 61.0 Å². The number of benzene rings is 3. The maximum Gasteiger partial charge on any atom is 0.338 e. The van der Waals surface area contributed by atoms with E-state index in [1.54, 1.807) is 43.3 Å². The van der Waals surface area contributed by atoms with Crippen molar-refractivity contribution in [3.05, 3.63) is 101 Å². The number of halogens is 1. The van der Waals surface area contributed by atoms with Crippen LogP contribution in [0.25, 0.3) is 0 Å². The first-order valence-electron chi connectivity index (χ1n) is 8.87. The number of hydrogen-bond acceptors (Lipinski definition) is 4. The number of Topliss-reactive ketones (excluding diaryl/α,β-unsaturated/α-hetero) is 1. The molecule has 0 aliphatic carbocycles. The molecule has 0 unspecified atom stereocenters. The molecule has 3 rings (SSSR count). The van der Waals surface area contributed by atoms with Crippen LogP contribution in [0.3, 0.4) is 0 Å². The summed E-state index contributed by atoms with van der Waals surface area (Å²) in [5.41, 5.74) is 1.83. The van der Waals surface area contributed by atoms with Gasteiger partial charge in [-0.1, -0.05) is 24.3 Å². The predicted molar refractivity (Wildman–Crippen MR) is 107 cm³/mol. The van der Waals surface area contributed by atoms with E-state index in [-0.39, 0.29) is 11.5 Å². The van der Waals surface area contributed by atoms with E-state index in [9.17, 15) is 18.8 Å². The molecule has 0 aliphatic rings. The van der Waals surface area contributed by atoms with Crippen LogP contribution < -0.4 is 5.32 Å². The van der Waals surface area contributed by atoms with Crippen molar-refractivity contribution >= 4 is 23.3 Å². The standard InChI is InChI=1S/C23H18FNO4/c1-15-7-8-18(13-20(15)24)23(28)29-14-21(26)16-9-11-19(12-10-16)25-22(27)17-5-3-2-4-6-17/h2-13H,14H2,1H3,(H,25,27). The number of aryl methyl sites for hydroxylation is 1. The van der Waals surface area contributed by atoms with E-state index in [2.05, 4.69) is 5.32 Å². The first kappa shape index (κ1) is 19.9. The fourth-order valence-electron chi connectivity index (χ4n) is 2.55. The van der Waals surface area contributed by atoms with Gasteiger partial charge in [0, 0.05) is 16.8 Å². The van der Waals surface area contributed by atoms with Crippen molar-refractivity contribution in [2.45, 2.75) is 6.92 Å². The minimum Gasteiger partial charge on any atom is -0.454 e. The van der Waals surface area contributed by atoms with E-state index in [1.165, 1.54) is 24.3 Å². The number of amides is 1. The van der Waals surface area contributed by atoms with Gasteiger partial charge in [0.05, 0.1) is 5.56 Å². The molecule has 0 aliphatic heterocycles. The van der Waals surface area contributed by atoms with E-state index in [0.29, 0.717) is 22.4 Å². The Morgan fingerprint density at radius 3 is 2.17 bits per heavy atom. The zero-order chi connectivity index (χ0) is 20.8. The fourth-order valence-corrected chi connectivity index (χ4v) is 2.55. The lowest BCUT2D eigenvalue weighted by Gasteiger charge is -2.07. The highest BCUT2D eigenvalue weighted by Crippen LogP contribution is 2.13. The van der Waals surface area contributed by atoms with Crippen molar-refractivity contribution < 1.29 is 23.5 Å². The number of nitrogens with one attached hydrogen (secondary N) is 1. The molecule has 3 aromatic carbocycles. The average molecular weight is 391 g/mol. The molecule has 0 spiro atoms. The van der Waals surface area contributed by atoms with Crippen LogP contribution in [0.15, 0.2) is 72.8 Å². The summed E-state index contributed by atoms with van der Waals surface area (Å²) in [4.78, 5) is 36.3. The summed E-state index contributed by atoms with van der Waals surface area (Å²) in [6, 6.07) is 19.0. The quantitative estimate of drug-likeness (QED) is 0.499. The van der Waals surface area contributed by atoms with Crippen LogP contribution in [0.4, 0.5) is 10.1 Å². The first-order valence-corrected chi connectivity index (χ1v) is 8.87. The molecule has 1 amide bonds. The van der Waals surface area contributed by atoms with Gasteiger partial charge in [-0.25, -0.2) is 9.18 Å². The Hall–Kier alpha value is -3.80. The summed E-state index contributed by atoms with van der Waals surface area (Å²) < 4.78 is 18.5.